The van der Waals surface area contributed by atoms with Gasteiger partial charge in [-0.1, -0.05) is 13.8 Å². The second-order valence-corrected chi connectivity index (χ2v) is 5.45. The highest BCUT2D eigenvalue weighted by Crippen LogP contribution is 2.21. The van der Waals surface area contributed by atoms with Gasteiger partial charge in [0.2, 0.25) is 0 Å². The van der Waals surface area contributed by atoms with Gasteiger partial charge in [0.05, 0.1) is 0 Å². The molecule has 0 spiro atoms. The van der Waals surface area contributed by atoms with Gasteiger partial charge in [0.1, 0.15) is 17.2 Å². The Bertz CT molecular complexity index is 679. The summed E-state index contributed by atoms with van der Waals surface area (Å²) in [6.45, 7) is 3.73. The van der Waals surface area contributed by atoms with Gasteiger partial charge in [-0.2, -0.15) is 0 Å². The Balaban J connectivity index is 2.80. The monoisotopic (exact) mass is 271 g/mol. The van der Waals surface area contributed by atoms with Gasteiger partial charge in [-0.3, -0.25) is 4.40 Å². The lowest BCUT2D eigenvalue weighted by Crippen LogP contribution is -2.23. The van der Waals surface area contributed by atoms with Gasteiger partial charge in [-0.25, -0.2) is 22.5 Å². The van der Waals surface area contributed by atoms with Crippen LogP contribution in [0.1, 0.15) is 19.7 Å². The normalized spacial score (nSPS) is 12.2. The number of halogens is 1. The van der Waals surface area contributed by atoms with Crippen molar-refractivity contribution in [3.8, 4) is 0 Å². The first kappa shape index (κ1) is 13.0. The Kier molecular flexibility index (Phi) is 3.36. The number of aryl methyl sites for hydroxylation is 1. The van der Waals surface area contributed by atoms with E-state index in [-0.39, 0.29) is 17.1 Å². The summed E-state index contributed by atoms with van der Waals surface area (Å²) in [4.78, 5) is 4.03. The maximum absolute atomic E-state index is 13.8. The number of imidazole rings is 1. The maximum Gasteiger partial charge on any atom is 0.260 e. The Labute approximate surface area is 105 Å². The third kappa shape index (κ3) is 1.99. The number of aromatic nitrogens is 2. The third-order valence-electron chi connectivity index (χ3n) is 2.56. The Morgan fingerprint density at radius 1 is 1.44 bits per heavy atom. The molecule has 2 rings (SSSR count). The van der Waals surface area contributed by atoms with Crippen molar-refractivity contribution >= 4 is 15.5 Å². The predicted octanol–water partition coefficient (Wildman–Crippen LogP) is 1.33. The van der Waals surface area contributed by atoms with Crippen LogP contribution in [0.5, 0.6) is 0 Å². The molecule has 2 aromatic rings. The third-order valence-corrected chi connectivity index (χ3v) is 4.02. The Morgan fingerprint density at radius 3 is 2.78 bits per heavy atom. The lowest BCUT2D eigenvalue weighted by Gasteiger charge is -2.02. The lowest BCUT2D eigenvalue weighted by atomic mass is 10.4. The zero-order chi connectivity index (χ0) is 13.3. The van der Waals surface area contributed by atoms with Crippen LogP contribution in [-0.4, -0.2) is 24.3 Å². The van der Waals surface area contributed by atoms with Gasteiger partial charge in [-0.15, -0.1) is 0 Å². The van der Waals surface area contributed by atoms with E-state index in [2.05, 4.69) is 9.71 Å². The first-order valence-corrected chi connectivity index (χ1v) is 7.14. The molecule has 0 saturated heterocycles. The lowest BCUT2D eigenvalue weighted by molar-refractivity contribution is 0.579. The summed E-state index contributed by atoms with van der Waals surface area (Å²) < 4.78 is 41.6. The number of rotatable bonds is 4. The summed E-state index contributed by atoms with van der Waals surface area (Å²) in [7, 11) is -3.77. The molecule has 0 aliphatic heterocycles. The molecule has 0 unspecified atom stereocenters. The minimum Gasteiger partial charge on any atom is -0.300 e. The highest BCUT2D eigenvalue weighted by molar-refractivity contribution is 7.89. The van der Waals surface area contributed by atoms with Crippen molar-refractivity contribution in [1.82, 2.24) is 14.1 Å². The fourth-order valence-corrected chi connectivity index (χ4v) is 3.01. The van der Waals surface area contributed by atoms with Gasteiger partial charge < -0.3 is 0 Å². The molecule has 0 amide bonds. The standard InChI is InChI=1S/C11H14FN3O2S/c1-3-9-14-11(18(16,17)13-4-2)10-8(12)6-5-7-15(9)10/h5-7,13H,3-4H2,1-2H3. The van der Waals surface area contributed by atoms with E-state index in [4.69, 9.17) is 0 Å². The molecule has 1 N–H and O–H groups in total. The minimum atomic E-state index is -3.77. The summed E-state index contributed by atoms with van der Waals surface area (Å²) in [5.41, 5.74) is -0.00435. The number of nitrogens with one attached hydrogen (secondary N) is 1. The maximum atomic E-state index is 13.8. The molecule has 0 aliphatic carbocycles. The largest absolute Gasteiger partial charge is 0.300 e. The van der Waals surface area contributed by atoms with E-state index in [9.17, 15) is 12.8 Å². The van der Waals surface area contributed by atoms with Crippen LogP contribution in [-0.2, 0) is 16.4 Å². The highest BCUT2D eigenvalue weighted by Gasteiger charge is 2.24. The first-order valence-electron chi connectivity index (χ1n) is 5.66. The van der Waals surface area contributed by atoms with Crippen LogP contribution >= 0.6 is 0 Å². The number of nitrogens with zero attached hydrogens (tertiary/aromatic N) is 2. The summed E-state index contributed by atoms with van der Waals surface area (Å²) in [5, 5.41) is -0.251. The van der Waals surface area contributed by atoms with Crippen molar-refractivity contribution in [1.29, 1.82) is 0 Å². The molecule has 0 aliphatic rings. The van der Waals surface area contributed by atoms with Crippen molar-refractivity contribution in [2.24, 2.45) is 0 Å². The molecule has 2 aromatic heterocycles. The number of hydrogen-bond acceptors (Lipinski definition) is 3. The van der Waals surface area contributed by atoms with Crippen LogP contribution in [0.2, 0.25) is 0 Å². The fourth-order valence-electron chi connectivity index (χ4n) is 1.82. The van der Waals surface area contributed by atoms with E-state index >= 15 is 0 Å². The van der Waals surface area contributed by atoms with Crippen LogP contribution in [0.15, 0.2) is 23.4 Å². The van der Waals surface area contributed by atoms with Gasteiger partial charge >= 0.3 is 0 Å². The van der Waals surface area contributed by atoms with Gasteiger partial charge in [0.25, 0.3) is 10.0 Å². The van der Waals surface area contributed by atoms with Crippen molar-refractivity contribution in [3.63, 3.8) is 0 Å². The molecule has 18 heavy (non-hydrogen) atoms. The van der Waals surface area contributed by atoms with Crippen molar-refractivity contribution < 1.29 is 12.8 Å². The van der Waals surface area contributed by atoms with E-state index < -0.39 is 15.8 Å². The van der Waals surface area contributed by atoms with Crippen LogP contribution in [0.3, 0.4) is 0 Å². The smallest absolute Gasteiger partial charge is 0.260 e. The summed E-state index contributed by atoms with van der Waals surface area (Å²) in [6.07, 6.45) is 2.13. The number of sulfonamides is 1. The number of pyridine rings is 1. The van der Waals surface area contributed by atoms with Gasteiger partial charge in [0.15, 0.2) is 5.03 Å². The summed E-state index contributed by atoms with van der Waals surface area (Å²) >= 11 is 0. The Morgan fingerprint density at radius 2 is 2.17 bits per heavy atom. The molecule has 0 bridgehead atoms. The topological polar surface area (TPSA) is 63.5 Å². The molecule has 7 heteroatoms. The van der Waals surface area contributed by atoms with Crippen molar-refractivity contribution in [2.75, 3.05) is 6.54 Å². The van der Waals surface area contributed by atoms with E-state index in [1.165, 1.54) is 16.5 Å². The minimum absolute atomic E-state index is 0.00435. The average Bonchev–Trinajstić information content (AvgIpc) is 2.70. The van der Waals surface area contributed by atoms with E-state index in [1.807, 2.05) is 6.92 Å². The van der Waals surface area contributed by atoms with E-state index in [0.717, 1.165) is 0 Å². The molecule has 2 heterocycles. The number of fused-ring (bicyclic) bond motifs is 1. The van der Waals surface area contributed by atoms with E-state index in [1.54, 1.807) is 13.1 Å². The molecular formula is C11H14FN3O2S. The molecule has 98 valence electrons. The van der Waals surface area contributed by atoms with Crippen LogP contribution < -0.4 is 4.72 Å². The molecule has 0 radical (unpaired) electrons. The predicted molar refractivity (Wildman–Crippen MR) is 65.4 cm³/mol. The average molecular weight is 271 g/mol. The fraction of sp³-hybridized carbons (Fsp3) is 0.364. The quantitative estimate of drug-likeness (QED) is 0.912. The molecule has 0 atom stereocenters. The zero-order valence-corrected chi connectivity index (χ0v) is 11.0. The molecule has 0 saturated carbocycles. The first-order chi connectivity index (χ1) is 8.51. The molecular weight excluding hydrogens is 257 g/mol. The Hall–Kier alpha value is -1.47. The summed E-state index contributed by atoms with van der Waals surface area (Å²) in [6, 6.07) is 2.74. The van der Waals surface area contributed by atoms with Crippen LogP contribution in [0.25, 0.3) is 5.52 Å². The van der Waals surface area contributed by atoms with Crippen LogP contribution in [0, 0.1) is 5.82 Å². The second kappa shape index (κ2) is 4.66. The van der Waals surface area contributed by atoms with Crippen molar-refractivity contribution in [2.45, 2.75) is 25.3 Å². The SMILES string of the molecule is CCNS(=O)(=O)c1nc(CC)n2cccc(F)c12. The molecule has 5 nitrogen and oxygen atoms in total. The van der Waals surface area contributed by atoms with Gasteiger partial charge in [-0.05, 0) is 12.1 Å². The van der Waals surface area contributed by atoms with Crippen molar-refractivity contribution in [3.05, 3.63) is 30.0 Å². The van der Waals surface area contributed by atoms with E-state index in [0.29, 0.717) is 12.2 Å². The highest BCUT2D eigenvalue weighted by atomic mass is 32.2. The van der Waals surface area contributed by atoms with Crippen LogP contribution in [0.4, 0.5) is 4.39 Å². The zero-order valence-electron chi connectivity index (χ0n) is 10.1. The van der Waals surface area contributed by atoms with Gasteiger partial charge in [0, 0.05) is 19.2 Å². The molecule has 0 aromatic carbocycles. The number of hydrogen-bond donors (Lipinski definition) is 1. The molecule has 0 fully saturated rings. The second-order valence-electron chi connectivity index (χ2n) is 3.76. The summed E-state index contributed by atoms with van der Waals surface area (Å²) in [5.74, 6) is -0.0813.